The first-order valence-electron chi connectivity index (χ1n) is 6.98. The van der Waals surface area contributed by atoms with Crippen molar-refractivity contribution >= 4 is 19.7 Å². The van der Waals surface area contributed by atoms with Crippen LogP contribution >= 0.6 is 0 Å². The van der Waals surface area contributed by atoms with Gasteiger partial charge in [-0.25, -0.2) is 16.8 Å². The van der Waals surface area contributed by atoms with Crippen molar-refractivity contribution in [1.29, 1.82) is 0 Å². The minimum Gasteiger partial charge on any atom is -0.222 e. The molecule has 0 aromatic heterocycles. The third-order valence-electron chi connectivity index (χ3n) is 3.36. The zero-order valence-corrected chi connectivity index (χ0v) is 13.8. The first kappa shape index (κ1) is 16.7. The molecule has 0 unspecified atom stereocenters. The molecule has 0 bridgehead atoms. The van der Waals surface area contributed by atoms with E-state index in [4.69, 9.17) is 0 Å². The maximum Gasteiger partial charge on any atom is 0.195 e. The molecule has 118 valence electrons. The standard InChI is InChI=1S/C16H18O4S2/c1-2-9-16(21(17,18)14-10-5-3-6-11-14)22(19,20)15-12-7-4-8-13-15/h3-8,10-13,16H,2,9H2,1H3. The predicted molar refractivity (Wildman–Crippen MR) is 86.0 cm³/mol. The third kappa shape index (κ3) is 3.23. The fourth-order valence-electron chi connectivity index (χ4n) is 2.24. The Morgan fingerprint density at radius 3 is 1.41 bits per heavy atom. The van der Waals surface area contributed by atoms with Crippen molar-refractivity contribution in [3.8, 4) is 0 Å². The van der Waals surface area contributed by atoms with Gasteiger partial charge in [-0.2, -0.15) is 0 Å². The summed E-state index contributed by atoms with van der Waals surface area (Å²) in [5, 5.41) is 0. The highest BCUT2D eigenvalue weighted by Gasteiger charge is 2.38. The number of hydrogen-bond acceptors (Lipinski definition) is 4. The van der Waals surface area contributed by atoms with Crippen LogP contribution in [0.15, 0.2) is 70.5 Å². The Morgan fingerprint density at radius 2 is 1.09 bits per heavy atom. The second-order valence-electron chi connectivity index (χ2n) is 4.93. The van der Waals surface area contributed by atoms with Crippen LogP contribution in [0.2, 0.25) is 0 Å². The van der Waals surface area contributed by atoms with Crippen molar-refractivity contribution < 1.29 is 16.8 Å². The van der Waals surface area contributed by atoms with Gasteiger partial charge in [-0.1, -0.05) is 49.7 Å². The van der Waals surface area contributed by atoms with Crippen LogP contribution in [0.5, 0.6) is 0 Å². The summed E-state index contributed by atoms with van der Waals surface area (Å²) in [7, 11) is -7.91. The van der Waals surface area contributed by atoms with Gasteiger partial charge in [0.05, 0.1) is 9.79 Å². The molecule has 2 aromatic rings. The maximum absolute atomic E-state index is 12.8. The number of benzene rings is 2. The molecular weight excluding hydrogens is 320 g/mol. The highest BCUT2D eigenvalue weighted by atomic mass is 32.3. The average molecular weight is 338 g/mol. The lowest BCUT2D eigenvalue weighted by Crippen LogP contribution is -2.30. The van der Waals surface area contributed by atoms with Crippen LogP contribution in [0.1, 0.15) is 19.8 Å². The van der Waals surface area contributed by atoms with Crippen LogP contribution in [0, 0.1) is 0 Å². The van der Waals surface area contributed by atoms with Gasteiger partial charge in [-0.05, 0) is 30.7 Å². The second-order valence-corrected chi connectivity index (χ2v) is 9.49. The summed E-state index contributed by atoms with van der Waals surface area (Å²) in [5.41, 5.74) is 0. The van der Waals surface area contributed by atoms with E-state index in [9.17, 15) is 16.8 Å². The van der Waals surface area contributed by atoms with Gasteiger partial charge in [0.15, 0.2) is 24.3 Å². The monoisotopic (exact) mass is 338 g/mol. The van der Waals surface area contributed by atoms with Crippen LogP contribution in [-0.4, -0.2) is 21.4 Å². The molecule has 0 N–H and O–H groups in total. The van der Waals surface area contributed by atoms with Crippen LogP contribution in [0.25, 0.3) is 0 Å². The normalized spacial score (nSPS) is 12.5. The SMILES string of the molecule is CCCC(S(=O)(=O)c1ccccc1)S(=O)(=O)c1ccccc1. The molecule has 0 heterocycles. The molecule has 0 aliphatic heterocycles. The van der Waals surface area contributed by atoms with Crippen LogP contribution < -0.4 is 0 Å². The molecule has 0 saturated carbocycles. The maximum atomic E-state index is 12.8. The summed E-state index contributed by atoms with van der Waals surface area (Å²) in [6, 6.07) is 15.5. The molecule has 0 aliphatic carbocycles. The molecule has 22 heavy (non-hydrogen) atoms. The van der Waals surface area contributed by atoms with Crippen LogP contribution in [0.3, 0.4) is 0 Å². The molecule has 0 fully saturated rings. The van der Waals surface area contributed by atoms with Crippen molar-refractivity contribution in [3.05, 3.63) is 60.7 Å². The van der Waals surface area contributed by atoms with Gasteiger partial charge in [-0.3, -0.25) is 0 Å². The highest BCUT2D eigenvalue weighted by molar-refractivity contribution is 8.09. The van der Waals surface area contributed by atoms with Crippen LogP contribution in [-0.2, 0) is 19.7 Å². The topological polar surface area (TPSA) is 68.3 Å². The van der Waals surface area contributed by atoms with Crippen molar-refractivity contribution in [2.75, 3.05) is 0 Å². The van der Waals surface area contributed by atoms with E-state index in [-0.39, 0.29) is 16.2 Å². The highest BCUT2D eigenvalue weighted by Crippen LogP contribution is 2.28. The van der Waals surface area contributed by atoms with Gasteiger partial charge in [-0.15, -0.1) is 0 Å². The summed E-state index contributed by atoms with van der Waals surface area (Å²) in [6.07, 6.45) is 0.525. The van der Waals surface area contributed by atoms with E-state index in [1.807, 2.05) is 0 Å². The molecule has 4 nitrogen and oxygen atoms in total. The minimum absolute atomic E-state index is 0.0351. The Bertz CT molecular complexity index is 741. The van der Waals surface area contributed by atoms with E-state index >= 15 is 0 Å². The summed E-state index contributed by atoms with van der Waals surface area (Å²) >= 11 is 0. The Morgan fingerprint density at radius 1 is 0.727 bits per heavy atom. The zero-order valence-electron chi connectivity index (χ0n) is 12.2. The smallest absolute Gasteiger partial charge is 0.195 e. The summed E-state index contributed by atoms with van der Waals surface area (Å²) in [4.78, 5) is 0.0703. The second kappa shape index (κ2) is 6.62. The van der Waals surface area contributed by atoms with E-state index in [1.54, 1.807) is 43.3 Å². The Labute approximate surface area is 131 Å². The molecule has 0 spiro atoms. The summed E-state index contributed by atoms with van der Waals surface area (Å²) in [6.45, 7) is 1.77. The lowest BCUT2D eigenvalue weighted by atomic mass is 10.4. The number of rotatable bonds is 6. The van der Waals surface area contributed by atoms with E-state index in [0.29, 0.717) is 6.42 Å². The van der Waals surface area contributed by atoms with E-state index in [1.165, 1.54) is 24.3 Å². The fourth-order valence-corrected chi connectivity index (χ4v) is 7.01. The quantitative estimate of drug-likeness (QED) is 0.812. The third-order valence-corrected chi connectivity index (χ3v) is 8.59. The lowest BCUT2D eigenvalue weighted by molar-refractivity contribution is 0.567. The molecule has 0 saturated heterocycles. The van der Waals surface area contributed by atoms with Gasteiger partial charge >= 0.3 is 0 Å². The number of hydrogen-bond donors (Lipinski definition) is 0. The Hall–Kier alpha value is -1.66. The first-order valence-corrected chi connectivity index (χ1v) is 10.1. The van der Waals surface area contributed by atoms with Crippen LogP contribution in [0.4, 0.5) is 0 Å². The molecule has 2 rings (SSSR count). The molecule has 0 amide bonds. The van der Waals surface area contributed by atoms with Gasteiger partial charge < -0.3 is 0 Å². The molecule has 0 atom stereocenters. The summed E-state index contributed by atoms with van der Waals surface area (Å²) in [5.74, 6) is 0. The molecular formula is C16H18O4S2. The molecule has 6 heteroatoms. The van der Waals surface area contributed by atoms with Gasteiger partial charge in [0.2, 0.25) is 0 Å². The Kier molecular flexibility index (Phi) is 5.03. The van der Waals surface area contributed by atoms with Gasteiger partial charge in [0, 0.05) is 0 Å². The fraction of sp³-hybridized carbons (Fsp3) is 0.250. The predicted octanol–water partition coefficient (Wildman–Crippen LogP) is 3.06. The first-order chi connectivity index (χ1) is 10.4. The minimum atomic E-state index is -3.96. The molecule has 2 aromatic carbocycles. The van der Waals surface area contributed by atoms with Crippen molar-refractivity contribution in [2.45, 2.75) is 34.1 Å². The van der Waals surface area contributed by atoms with Gasteiger partial charge in [0.1, 0.15) is 0 Å². The van der Waals surface area contributed by atoms with Gasteiger partial charge in [0.25, 0.3) is 0 Å². The summed E-state index contributed by atoms with van der Waals surface area (Å²) < 4.78 is 49.6. The lowest BCUT2D eigenvalue weighted by Gasteiger charge is -2.18. The largest absolute Gasteiger partial charge is 0.222 e. The van der Waals surface area contributed by atoms with Crippen molar-refractivity contribution in [2.24, 2.45) is 0 Å². The Balaban J connectivity index is 2.56. The zero-order chi connectivity index (χ0) is 16.2. The average Bonchev–Trinajstić information content (AvgIpc) is 2.54. The van der Waals surface area contributed by atoms with E-state index < -0.39 is 24.3 Å². The van der Waals surface area contributed by atoms with Crippen molar-refractivity contribution in [3.63, 3.8) is 0 Å². The molecule has 0 radical (unpaired) electrons. The van der Waals surface area contributed by atoms with E-state index in [0.717, 1.165) is 0 Å². The van der Waals surface area contributed by atoms with Crippen molar-refractivity contribution in [1.82, 2.24) is 0 Å². The van der Waals surface area contributed by atoms with E-state index in [2.05, 4.69) is 0 Å². The number of sulfone groups is 2. The molecule has 0 aliphatic rings.